The van der Waals surface area contributed by atoms with Gasteiger partial charge in [0.15, 0.2) is 0 Å². The maximum atomic E-state index is 11.2. The monoisotopic (exact) mass is 201 g/mol. The average molecular weight is 201 g/mol. The molecule has 13 heavy (non-hydrogen) atoms. The maximum absolute atomic E-state index is 11.2. The van der Waals surface area contributed by atoms with Crippen molar-refractivity contribution in [1.29, 1.82) is 0 Å². The molecule has 0 unspecified atom stereocenters. The van der Waals surface area contributed by atoms with Crippen LogP contribution in [0, 0.1) is 0 Å². The van der Waals surface area contributed by atoms with Crippen molar-refractivity contribution in [2.45, 2.75) is 4.90 Å². The largest absolute Gasteiger partial charge is 0.297 e. The first kappa shape index (κ1) is 10.2. The fraction of sp³-hybridized carbons (Fsp3) is 0.250. The highest BCUT2D eigenvalue weighted by molar-refractivity contribution is 7.86. The summed E-state index contributed by atoms with van der Waals surface area (Å²) < 4.78 is 26.9. The molecule has 0 aliphatic rings. The molecule has 0 bridgehead atoms. The Labute approximate surface area is 76.9 Å². The van der Waals surface area contributed by atoms with Crippen molar-refractivity contribution in [3.8, 4) is 0 Å². The zero-order valence-electron chi connectivity index (χ0n) is 6.84. The number of benzene rings is 1. The van der Waals surface area contributed by atoms with Gasteiger partial charge in [-0.05, 0) is 12.1 Å². The first-order chi connectivity index (χ1) is 6.17. The molecule has 0 amide bonds. The molecule has 1 rings (SSSR count). The summed E-state index contributed by atoms with van der Waals surface area (Å²) in [6.07, 6.45) is 0. The predicted octanol–water partition coefficient (Wildman–Crippen LogP) is 0.822. The van der Waals surface area contributed by atoms with Gasteiger partial charge in [0.2, 0.25) is 0 Å². The second-order valence-corrected chi connectivity index (χ2v) is 3.91. The molecule has 0 spiro atoms. The van der Waals surface area contributed by atoms with Crippen LogP contribution in [0.3, 0.4) is 0 Å². The quantitative estimate of drug-likeness (QED) is 0.677. The minimum absolute atomic E-state index is 0.0726. The standard InChI is InChI=1S/C8H9O4S/c9-6-7-12-13(10,11)8-4-2-1-3-5-8/h1-5H,6-7H2. The molecule has 0 saturated heterocycles. The smallest absolute Gasteiger partial charge is 0.264 e. The van der Waals surface area contributed by atoms with Crippen LogP contribution in [-0.4, -0.2) is 21.6 Å². The lowest BCUT2D eigenvalue weighted by molar-refractivity contribution is 0.141. The summed E-state index contributed by atoms with van der Waals surface area (Å²) in [5.74, 6) is 0. The van der Waals surface area contributed by atoms with Gasteiger partial charge in [-0.1, -0.05) is 18.2 Å². The molecule has 0 N–H and O–H groups in total. The Kier molecular flexibility index (Phi) is 3.41. The molecule has 0 saturated carbocycles. The van der Waals surface area contributed by atoms with Crippen molar-refractivity contribution in [2.75, 3.05) is 13.2 Å². The summed E-state index contributed by atoms with van der Waals surface area (Å²) in [4.78, 5) is 0.0726. The summed E-state index contributed by atoms with van der Waals surface area (Å²) in [6, 6.07) is 7.72. The Morgan fingerprint density at radius 3 is 2.31 bits per heavy atom. The third-order valence-corrected chi connectivity index (χ3v) is 2.68. The number of hydrogen-bond acceptors (Lipinski definition) is 3. The van der Waals surface area contributed by atoms with Gasteiger partial charge in [-0.25, -0.2) is 5.11 Å². The predicted molar refractivity (Wildman–Crippen MR) is 45.1 cm³/mol. The minimum atomic E-state index is -3.72. The summed E-state index contributed by atoms with van der Waals surface area (Å²) in [5.41, 5.74) is 0. The Morgan fingerprint density at radius 1 is 1.15 bits per heavy atom. The van der Waals surface area contributed by atoms with Gasteiger partial charge in [-0.2, -0.15) is 8.42 Å². The van der Waals surface area contributed by atoms with Crippen LogP contribution in [0.15, 0.2) is 35.2 Å². The van der Waals surface area contributed by atoms with E-state index in [-0.39, 0.29) is 11.5 Å². The molecule has 0 atom stereocenters. The van der Waals surface area contributed by atoms with Crippen LogP contribution in [0.1, 0.15) is 0 Å². The minimum Gasteiger partial charge on any atom is -0.264 e. The normalized spacial score (nSPS) is 11.5. The maximum Gasteiger partial charge on any atom is 0.297 e. The summed E-state index contributed by atoms with van der Waals surface area (Å²) in [5, 5.41) is 10.0. The highest BCUT2D eigenvalue weighted by Crippen LogP contribution is 2.10. The van der Waals surface area contributed by atoms with Gasteiger partial charge in [0.25, 0.3) is 10.1 Å². The Balaban J connectivity index is 2.83. The molecule has 71 valence electrons. The van der Waals surface area contributed by atoms with Crippen LogP contribution in [0.2, 0.25) is 0 Å². The van der Waals surface area contributed by atoms with E-state index in [9.17, 15) is 13.5 Å². The van der Waals surface area contributed by atoms with Crippen molar-refractivity contribution < 1.29 is 17.7 Å². The van der Waals surface area contributed by atoms with Crippen LogP contribution in [-0.2, 0) is 19.4 Å². The molecule has 5 heteroatoms. The summed E-state index contributed by atoms with van der Waals surface area (Å²) in [6.45, 7) is -0.886. The van der Waals surface area contributed by atoms with Gasteiger partial charge in [0.05, 0.1) is 11.5 Å². The van der Waals surface area contributed by atoms with Gasteiger partial charge in [0.1, 0.15) is 6.61 Å². The van der Waals surface area contributed by atoms with Gasteiger partial charge in [-0.15, -0.1) is 0 Å². The van der Waals surface area contributed by atoms with Crippen LogP contribution >= 0.6 is 0 Å². The van der Waals surface area contributed by atoms with E-state index in [4.69, 9.17) is 0 Å². The van der Waals surface area contributed by atoms with Crippen molar-refractivity contribution in [3.63, 3.8) is 0 Å². The van der Waals surface area contributed by atoms with Crippen molar-refractivity contribution >= 4 is 10.1 Å². The molecular weight excluding hydrogens is 192 g/mol. The van der Waals surface area contributed by atoms with E-state index in [1.807, 2.05) is 0 Å². The lowest BCUT2D eigenvalue weighted by Crippen LogP contribution is -2.08. The van der Waals surface area contributed by atoms with Gasteiger partial charge in [-0.3, -0.25) is 4.18 Å². The first-order valence-electron chi connectivity index (χ1n) is 3.69. The first-order valence-corrected chi connectivity index (χ1v) is 5.10. The average Bonchev–Trinajstić information content (AvgIpc) is 2.16. The van der Waals surface area contributed by atoms with E-state index in [0.29, 0.717) is 0 Å². The molecule has 1 aromatic rings. The summed E-state index contributed by atoms with van der Waals surface area (Å²) in [7, 11) is -3.72. The second-order valence-electron chi connectivity index (χ2n) is 2.29. The van der Waals surface area contributed by atoms with E-state index in [2.05, 4.69) is 4.18 Å². The fourth-order valence-electron chi connectivity index (χ4n) is 0.799. The molecule has 0 aliphatic heterocycles. The van der Waals surface area contributed by atoms with Crippen LogP contribution < -0.4 is 0 Å². The van der Waals surface area contributed by atoms with Gasteiger partial charge in [0, 0.05) is 0 Å². The van der Waals surface area contributed by atoms with Crippen molar-refractivity contribution in [3.05, 3.63) is 30.3 Å². The van der Waals surface area contributed by atoms with Crippen LogP contribution in [0.25, 0.3) is 0 Å². The Morgan fingerprint density at radius 2 is 1.77 bits per heavy atom. The van der Waals surface area contributed by atoms with Crippen molar-refractivity contribution in [2.24, 2.45) is 0 Å². The highest BCUT2D eigenvalue weighted by atomic mass is 32.2. The number of rotatable bonds is 4. The zero-order valence-corrected chi connectivity index (χ0v) is 7.66. The second kappa shape index (κ2) is 4.36. The van der Waals surface area contributed by atoms with Gasteiger partial charge < -0.3 is 0 Å². The van der Waals surface area contributed by atoms with E-state index in [1.165, 1.54) is 12.1 Å². The molecule has 0 fully saturated rings. The van der Waals surface area contributed by atoms with E-state index < -0.39 is 16.7 Å². The Bertz CT molecular complexity index is 344. The topological polar surface area (TPSA) is 63.3 Å². The third kappa shape index (κ3) is 2.80. The molecule has 1 aromatic carbocycles. The van der Waals surface area contributed by atoms with Gasteiger partial charge >= 0.3 is 0 Å². The number of hydrogen-bond donors (Lipinski definition) is 0. The molecular formula is C8H9O4S. The molecule has 4 nitrogen and oxygen atoms in total. The van der Waals surface area contributed by atoms with E-state index in [1.54, 1.807) is 18.2 Å². The van der Waals surface area contributed by atoms with Crippen molar-refractivity contribution in [1.82, 2.24) is 0 Å². The van der Waals surface area contributed by atoms with E-state index in [0.717, 1.165) is 0 Å². The summed E-state index contributed by atoms with van der Waals surface area (Å²) >= 11 is 0. The van der Waals surface area contributed by atoms with E-state index >= 15 is 0 Å². The molecule has 1 radical (unpaired) electrons. The molecule has 0 aromatic heterocycles. The van der Waals surface area contributed by atoms with Crippen LogP contribution in [0.5, 0.6) is 0 Å². The third-order valence-electron chi connectivity index (χ3n) is 1.35. The Hall–Kier alpha value is -0.910. The lowest BCUT2D eigenvalue weighted by Gasteiger charge is -2.02. The zero-order chi connectivity index (χ0) is 9.73. The van der Waals surface area contributed by atoms with Crippen LogP contribution in [0.4, 0.5) is 0 Å². The SMILES string of the molecule is [O]CCOS(=O)(=O)c1ccccc1. The fourth-order valence-corrected chi connectivity index (χ4v) is 1.71. The molecule has 0 aliphatic carbocycles. The highest BCUT2D eigenvalue weighted by Gasteiger charge is 2.13. The molecule has 0 heterocycles. The lowest BCUT2D eigenvalue weighted by atomic mass is 10.4.